The summed E-state index contributed by atoms with van der Waals surface area (Å²) in [5, 5.41) is 0. The summed E-state index contributed by atoms with van der Waals surface area (Å²) in [6.45, 7) is 0. The first-order valence-corrected chi connectivity index (χ1v) is 5.28. The SMILES string of the molecule is [C-]1=CC=CC1.[Cl-].[Cl-].[NH-]C(=O)C1CCCCC1.[Ti+4]. The van der Waals surface area contributed by atoms with Crippen LogP contribution in [0.3, 0.4) is 0 Å². The fourth-order valence-electron chi connectivity index (χ4n) is 1.70. The summed E-state index contributed by atoms with van der Waals surface area (Å²) in [6.07, 6.45) is 15.5. The van der Waals surface area contributed by atoms with Crippen molar-refractivity contribution >= 4 is 5.91 Å². The number of hydrogen-bond donors (Lipinski definition) is 0. The molecule has 0 aliphatic heterocycles. The van der Waals surface area contributed by atoms with Gasteiger partial charge in [0.2, 0.25) is 0 Å². The molecule has 0 atom stereocenters. The van der Waals surface area contributed by atoms with Crippen molar-refractivity contribution in [3.8, 4) is 0 Å². The van der Waals surface area contributed by atoms with Crippen molar-refractivity contribution in [2.45, 2.75) is 38.5 Å². The summed E-state index contributed by atoms with van der Waals surface area (Å²) in [6, 6.07) is 0. The summed E-state index contributed by atoms with van der Waals surface area (Å²) in [4.78, 5) is 10.5. The summed E-state index contributed by atoms with van der Waals surface area (Å²) in [5.74, 6) is -0.270. The van der Waals surface area contributed by atoms with Crippen LogP contribution < -0.4 is 24.8 Å². The Labute approximate surface area is 131 Å². The van der Waals surface area contributed by atoms with Gasteiger partial charge in [-0.1, -0.05) is 19.3 Å². The molecule has 0 spiro atoms. The van der Waals surface area contributed by atoms with Crippen molar-refractivity contribution in [1.82, 2.24) is 0 Å². The molecule has 17 heavy (non-hydrogen) atoms. The standard InChI is InChI=1S/C7H13NO.C5H5.2ClH.Ti/c8-7(9)6-4-2-1-3-5-6;1-2-4-5-3-1;;;/h6H,1-5H2,(H2,8,9);1-3H,4H2;2*1H;/q;-1;;;+4/p-3. The minimum atomic E-state index is -0.352. The molecule has 0 heterocycles. The first kappa shape index (κ1) is 22.4. The largest absolute Gasteiger partial charge is 4.00 e. The van der Waals surface area contributed by atoms with Crippen LogP contribution in [-0.4, -0.2) is 5.91 Å². The zero-order valence-corrected chi connectivity index (χ0v) is 12.8. The van der Waals surface area contributed by atoms with E-state index in [1.165, 1.54) is 6.42 Å². The van der Waals surface area contributed by atoms with Crippen LogP contribution in [0.1, 0.15) is 38.5 Å². The third-order valence-electron chi connectivity index (χ3n) is 2.56. The van der Waals surface area contributed by atoms with Gasteiger partial charge in [-0.3, -0.25) is 6.08 Å². The number of amides is 1. The Hall–Kier alpha value is 0.244. The smallest absolute Gasteiger partial charge is 1.00 e. The van der Waals surface area contributed by atoms with Crippen molar-refractivity contribution < 1.29 is 51.3 Å². The molecular formula is C12H17Cl2NOTi. The van der Waals surface area contributed by atoms with Crippen molar-refractivity contribution in [2.75, 3.05) is 0 Å². The Bertz CT molecular complexity index is 229. The maximum absolute atomic E-state index is 10.5. The van der Waals surface area contributed by atoms with E-state index < -0.39 is 0 Å². The first-order valence-electron chi connectivity index (χ1n) is 5.28. The molecule has 1 fully saturated rings. The van der Waals surface area contributed by atoms with E-state index in [0.717, 1.165) is 32.1 Å². The minimum Gasteiger partial charge on any atom is -1.00 e. The van der Waals surface area contributed by atoms with Gasteiger partial charge in [0.15, 0.2) is 0 Å². The molecule has 0 unspecified atom stereocenters. The molecule has 94 valence electrons. The molecular weight excluding hydrogens is 293 g/mol. The molecule has 2 aliphatic carbocycles. The molecule has 5 heteroatoms. The zero-order valence-electron chi connectivity index (χ0n) is 9.72. The van der Waals surface area contributed by atoms with Gasteiger partial charge in [-0.25, -0.2) is 12.2 Å². The van der Waals surface area contributed by atoms with Crippen molar-refractivity contribution in [2.24, 2.45) is 5.92 Å². The molecule has 0 aromatic rings. The topological polar surface area (TPSA) is 40.9 Å². The summed E-state index contributed by atoms with van der Waals surface area (Å²) in [7, 11) is 0. The van der Waals surface area contributed by atoms with E-state index in [9.17, 15) is 4.79 Å². The van der Waals surface area contributed by atoms with E-state index in [-0.39, 0.29) is 58.4 Å². The average Bonchev–Trinajstić information content (AvgIpc) is 2.77. The van der Waals surface area contributed by atoms with Crippen LogP contribution in [0.15, 0.2) is 18.2 Å². The van der Waals surface area contributed by atoms with Crippen LogP contribution >= 0.6 is 0 Å². The van der Waals surface area contributed by atoms with Gasteiger partial charge in [0, 0.05) is 5.92 Å². The third kappa shape index (κ3) is 11.1. The molecule has 1 saturated carbocycles. The van der Waals surface area contributed by atoms with Gasteiger partial charge < -0.3 is 35.3 Å². The molecule has 2 nitrogen and oxygen atoms in total. The summed E-state index contributed by atoms with van der Waals surface area (Å²) >= 11 is 0. The van der Waals surface area contributed by atoms with Gasteiger partial charge >= 0.3 is 21.7 Å². The second-order valence-electron chi connectivity index (χ2n) is 3.70. The van der Waals surface area contributed by atoms with Gasteiger partial charge in [0.1, 0.15) is 0 Å². The molecule has 0 aromatic heterocycles. The van der Waals surface area contributed by atoms with Gasteiger partial charge in [-0.05, 0) is 12.8 Å². The Morgan fingerprint density at radius 1 is 1.18 bits per heavy atom. The number of hydrogen-bond acceptors (Lipinski definition) is 1. The van der Waals surface area contributed by atoms with Gasteiger partial charge in [0.05, 0.1) is 5.91 Å². The van der Waals surface area contributed by atoms with Gasteiger partial charge in [-0.15, -0.1) is 6.42 Å². The monoisotopic (exact) mass is 309 g/mol. The van der Waals surface area contributed by atoms with Crippen molar-refractivity contribution in [1.29, 1.82) is 0 Å². The maximum Gasteiger partial charge on any atom is 4.00 e. The van der Waals surface area contributed by atoms with E-state index in [0.29, 0.717) is 0 Å². The Morgan fingerprint density at radius 2 is 1.76 bits per heavy atom. The molecule has 0 bridgehead atoms. The normalized spacial score (nSPS) is 16.7. The average molecular weight is 310 g/mol. The number of carbonyl (C=O) groups is 1. The van der Waals surface area contributed by atoms with Crippen LogP contribution in [-0.2, 0) is 26.5 Å². The summed E-state index contributed by atoms with van der Waals surface area (Å²) in [5.41, 5.74) is 6.83. The second kappa shape index (κ2) is 14.3. The molecule has 0 aromatic carbocycles. The van der Waals surface area contributed by atoms with Crippen LogP contribution in [0.25, 0.3) is 5.73 Å². The maximum atomic E-state index is 10.5. The van der Waals surface area contributed by atoms with Crippen molar-refractivity contribution in [3.05, 3.63) is 30.0 Å². The van der Waals surface area contributed by atoms with E-state index >= 15 is 0 Å². The van der Waals surface area contributed by atoms with E-state index in [2.05, 4.69) is 12.2 Å². The molecule has 1 amide bonds. The minimum absolute atomic E-state index is 0. The first-order chi connectivity index (χ1) is 6.80. The predicted octanol–water partition coefficient (Wildman–Crippen LogP) is -2.54. The van der Waals surface area contributed by atoms with Crippen LogP contribution in [0, 0.1) is 12.0 Å². The number of carbonyl (C=O) groups excluding carboxylic acids is 1. The van der Waals surface area contributed by atoms with E-state index in [1.807, 2.05) is 12.2 Å². The van der Waals surface area contributed by atoms with Crippen LogP contribution in [0.4, 0.5) is 0 Å². The zero-order chi connectivity index (χ0) is 10.2. The molecule has 1 N–H and O–H groups in total. The quantitative estimate of drug-likeness (QED) is 0.389. The van der Waals surface area contributed by atoms with Crippen LogP contribution in [0.2, 0.25) is 0 Å². The third-order valence-corrected chi connectivity index (χ3v) is 2.56. The summed E-state index contributed by atoms with van der Waals surface area (Å²) < 4.78 is 0. The Balaban J connectivity index is -0.000000216. The second-order valence-corrected chi connectivity index (χ2v) is 3.70. The number of allylic oxidation sites excluding steroid dienone is 4. The van der Waals surface area contributed by atoms with Gasteiger partial charge in [0.25, 0.3) is 0 Å². The van der Waals surface area contributed by atoms with Crippen LogP contribution in [0.5, 0.6) is 0 Å². The fourth-order valence-corrected chi connectivity index (χ4v) is 1.70. The molecule has 0 saturated heterocycles. The Kier molecular flexibility index (Phi) is 18.9. The molecule has 0 radical (unpaired) electrons. The number of halogens is 2. The molecule has 2 rings (SSSR count). The number of nitrogens with one attached hydrogen (secondary N) is 1. The van der Waals surface area contributed by atoms with E-state index in [4.69, 9.17) is 5.73 Å². The van der Waals surface area contributed by atoms with Crippen molar-refractivity contribution in [3.63, 3.8) is 0 Å². The fraction of sp³-hybridized carbons (Fsp3) is 0.583. The predicted molar refractivity (Wildman–Crippen MR) is 57.5 cm³/mol. The van der Waals surface area contributed by atoms with E-state index in [1.54, 1.807) is 0 Å². The Morgan fingerprint density at radius 3 is 2.00 bits per heavy atom. The molecule has 2 aliphatic rings. The number of rotatable bonds is 1. The van der Waals surface area contributed by atoms with Gasteiger partial charge in [-0.2, -0.15) is 6.08 Å².